The first kappa shape index (κ1) is 14.3. The van der Waals surface area contributed by atoms with E-state index in [1.807, 2.05) is 6.92 Å². The van der Waals surface area contributed by atoms with Gasteiger partial charge in [-0.2, -0.15) is 0 Å². The lowest BCUT2D eigenvalue weighted by atomic mass is 10.2. The fraction of sp³-hybridized carbons (Fsp3) is 0.846. The van der Waals surface area contributed by atoms with Crippen LogP contribution in [0.1, 0.15) is 32.6 Å². The number of hydrogen-bond acceptors (Lipinski definition) is 4. The summed E-state index contributed by atoms with van der Waals surface area (Å²) in [5.41, 5.74) is 0. The van der Waals surface area contributed by atoms with Crippen LogP contribution in [0.2, 0.25) is 0 Å². The quantitative estimate of drug-likeness (QED) is 0.747. The molecule has 0 spiro atoms. The van der Waals surface area contributed by atoms with E-state index in [1.54, 1.807) is 0 Å². The molecular formula is C13H22N2O4. The van der Waals surface area contributed by atoms with Crippen molar-refractivity contribution in [2.45, 2.75) is 50.9 Å². The Kier molecular flexibility index (Phi) is 4.76. The Hall–Kier alpha value is -1.14. The molecule has 6 nitrogen and oxygen atoms in total. The van der Waals surface area contributed by atoms with Crippen molar-refractivity contribution in [2.24, 2.45) is 0 Å². The van der Waals surface area contributed by atoms with Crippen molar-refractivity contribution < 1.29 is 19.4 Å². The van der Waals surface area contributed by atoms with E-state index >= 15 is 0 Å². The molecule has 108 valence electrons. The average molecular weight is 270 g/mol. The molecule has 2 fully saturated rings. The number of carboxylic acid groups (broad SMARTS) is 1. The molecule has 2 heterocycles. The lowest BCUT2D eigenvalue weighted by Crippen LogP contribution is -2.45. The minimum Gasteiger partial charge on any atom is -0.479 e. The molecule has 3 atom stereocenters. The van der Waals surface area contributed by atoms with Gasteiger partial charge in [0.15, 0.2) is 6.10 Å². The number of aliphatic carboxylic acids is 1. The zero-order chi connectivity index (χ0) is 13.8. The van der Waals surface area contributed by atoms with E-state index in [4.69, 9.17) is 9.84 Å². The number of rotatable bonds is 5. The molecule has 2 N–H and O–H groups in total. The molecular weight excluding hydrogens is 248 g/mol. The van der Waals surface area contributed by atoms with Gasteiger partial charge in [0.2, 0.25) is 5.91 Å². The van der Waals surface area contributed by atoms with Crippen LogP contribution in [-0.4, -0.2) is 59.8 Å². The van der Waals surface area contributed by atoms with Crippen LogP contribution in [-0.2, 0) is 14.3 Å². The minimum absolute atomic E-state index is 0.0677. The highest BCUT2D eigenvalue weighted by atomic mass is 16.5. The molecule has 2 saturated heterocycles. The van der Waals surface area contributed by atoms with Gasteiger partial charge < -0.3 is 20.1 Å². The van der Waals surface area contributed by atoms with E-state index < -0.39 is 18.2 Å². The molecule has 0 bridgehead atoms. The zero-order valence-corrected chi connectivity index (χ0v) is 11.3. The van der Waals surface area contributed by atoms with Crippen molar-refractivity contribution in [3.63, 3.8) is 0 Å². The number of nitrogens with zero attached hydrogens (tertiary/aromatic N) is 1. The smallest absolute Gasteiger partial charge is 0.332 e. The number of carboxylic acids is 1. The van der Waals surface area contributed by atoms with Crippen molar-refractivity contribution in [1.82, 2.24) is 10.2 Å². The van der Waals surface area contributed by atoms with Gasteiger partial charge in [-0.15, -0.1) is 0 Å². The van der Waals surface area contributed by atoms with Gasteiger partial charge in [-0.25, -0.2) is 4.79 Å². The van der Waals surface area contributed by atoms with Crippen molar-refractivity contribution in [2.75, 3.05) is 19.6 Å². The molecule has 0 aromatic carbocycles. The summed E-state index contributed by atoms with van der Waals surface area (Å²) >= 11 is 0. The summed E-state index contributed by atoms with van der Waals surface area (Å²) in [7, 11) is 0. The summed E-state index contributed by atoms with van der Waals surface area (Å²) < 4.78 is 5.23. The van der Waals surface area contributed by atoms with E-state index in [-0.39, 0.29) is 11.9 Å². The first-order chi connectivity index (χ1) is 9.06. The molecule has 2 aliphatic heterocycles. The second-order valence-electron chi connectivity index (χ2n) is 5.45. The number of carbonyl (C=O) groups excluding carboxylic acids is 1. The fourth-order valence-electron chi connectivity index (χ4n) is 2.75. The Labute approximate surface area is 113 Å². The number of likely N-dealkylation sites (tertiary alicyclic amines) is 1. The van der Waals surface area contributed by atoms with Crippen molar-refractivity contribution in [1.29, 1.82) is 0 Å². The van der Waals surface area contributed by atoms with Crippen LogP contribution in [0.15, 0.2) is 0 Å². The van der Waals surface area contributed by atoms with Gasteiger partial charge in [0.05, 0.1) is 0 Å². The first-order valence-corrected chi connectivity index (χ1v) is 6.97. The molecule has 6 heteroatoms. The summed E-state index contributed by atoms with van der Waals surface area (Å²) in [5, 5.41) is 11.7. The van der Waals surface area contributed by atoms with Gasteiger partial charge in [-0.3, -0.25) is 4.79 Å². The van der Waals surface area contributed by atoms with E-state index in [1.165, 1.54) is 12.8 Å². The second-order valence-corrected chi connectivity index (χ2v) is 5.45. The van der Waals surface area contributed by atoms with Gasteiger partial charge in [-0.1, -0.05) is 0 Å². The molecule has 2 aliphatic rings. The highest BCUT2D eigenvalue weighted by Gasteiger charge is 2.35. The summed E-state index contributed by atoms with van der Waals surface area (Å²) in [5.74, 6) is -1.17. The number of nitrogens with one attached hydrogen (secondary N) is 1. The summed E-state index contributed by atoms with van der Waals surface area (Å²) in [6.07, 6.45) is 1.92. The van der Waals surface area contributed by atoms with Crippen molar-refractivity contribution >= 4 is 11.9 Å². The average Bonchev–Trinajstić information content (AvgIpc) is 2.98. The topological polar surface area (TPSA) is 78.9 Å². The molecule has 19 heavy (non-hydrogen) atoms. The maximum absolute atomic E-state index is 12.0. The molecule has 0 saturated carbocycles. The maximum Gasteiger partial charge on any atom is 0.332 e. The number of ether oxygens (including phenoxy) is 1. The molecule has 2 rings (SSSR count). The van der Waals surface area contributed by atoms with Gasteiger partial charge >= 0.3 is 5.97 Å². The van der Waals surface area contributed by atoms with Crippen LogP contribution in [0.5, 0.6) is 0 Å². The van der Waals surface area contributed by atoms with E-state index in [0.29, 0.717) is 12.8 Å². The Bertz CT molecular complexity index is 342. The largest absolute Gasteiger partial charge is 0.479 e. The fourth-order valence-corrected chi connectivity index (χ4v) is 2.75. The lowest BCUT2D eigenvalue weighted by Gasteiger charge is -2.22. The second kappa shape index (κ2) is 6.34. The van der Waals surface area contributed by atoms with Crippen LogP contribution >= 0.6 is 0 Å². The molecule has 3 unspecified atom stereocenters. The Balaban J connectivity index is 1.73. The highest BCUT2D eigenvalue weighted by Crippen LogP contribution is 2.20. The van der Waals surface area contributed by atoms with Crippen molar-refractivity contribution in [3.05, 3.63) is 0 Å². The van der Waals surface area contributed by atoms with Crippen LogP contribution in [0, 0.1) is 0 Å². The number of amides is 1. The third kappa shape index (κ3) is 3.91. The Morgan fingerprint density at radius 3 is 2.53 bits per heavy atom. The molecule has 0 aromatic heterocycles. The number of carbonyl (C=O) groups is 2. The van der Waals surface area contributed by atoms with Crippen LogP contribution < -0.4 is 5.32 Å². The van der Waals surface area contributed by atoms with E-state index in [2.05, 4.69) is 10.2 Å². The van der Waals surface area contributed by atoms with Gasteiger partial charge in [0.25, 0.3) is 0 Å². The van der Waals surface area contributed by atoms with E-state index in [0.717, 1.165) is 19.6 Å². The standard InChI is InChI=1S/C13H22N2O4/c1-9(8-15-6-2-3-7-15)14-12(16)10-4-5-11(19-10)13(17)18/h9-11H,2-8H2,1H3,(H,14,16)(H,17,18). The predicted molar refractivity (Wildman–Crippen MR) is 68.8 cm³/mol. The normalized spacial score (nSPS) is 29.3. The van der Waals surface area contributed by atoms with Gasteiger partial charge in [-0.05, 0) is 45.7 Å². The zero-order valence-electron chi connectivity index (χ0n) is 11.3. The molecule has 0 radical (unpaired) electrons. The summed E-state index contributed by atoms with van der Waals surface area (Å²) in [4.78, 5) is 25.0. The highest BCUT2D eigenvalue weighted by molar-refractivity contribution is 5.82. The van der Waals surface area contributed by atoms with Crippen molar-refractivity contribution in [3.8, 4) is 0 Å². The number of hydrogen-bond donors (Lipinski definition) is 2. The Morgan fingerprint density at radius 1 is 1.32 bits per heavy atom. The lowest BCUT2D eigenvalue weighted by molar-refractivity contribution is -0.151. The third-order valence-electron chi connectivity index (χ3n) is 3.71. The van der Waals surface area contributed by atoms with Gasteiger partial charge in [0.1, 0.15) is 6.10 Å². The Morgan fingerprint density at radius 2 is 1.95 bits per heavy atom. The minimum atomic E-state index is -0.986. The molecule has 1 amide bonds. The molecule has 0 aliphatic carbocycles. The SMILES string of the molecule is CC(CN1CCCC1)NC(=O)C1CCC(C(=O)O)O1. The molecule has 0 aromatic rings. The van der Waals surface area contributed by atoms with Crippen LogP contribution in [0.25, 0.3) is 0 Å². The monoisotopic (exact) mass is 270 g/mol. The van der Waals surface area contributed by atoms with Gasteiger partial charge in [0, 0.05) is 12.6 Å². The maximum atomic E-state index is 12.0. The van der Waals surface area contributed by atoms with E-state index in [9.17, 15) is 9.59 Å². The van der Waals surface area contributed by atoms with Crippen LogP contribution in [0.3, 0.4) is 0 Å². The first-order valence-electron chi connectivity index (χ1n) is 6.97. The summed E-state index contributed by atoms with van der Waals surface area (Å²) in [6.45, 7) is 5.02. The predicted octanol–water partition coefficient (Wildman–Crippen LogP) is 0.219. The van der Waals surface area contributed by atoms with Crippen LogP contribution in [0.4, 0.5) is 0 Å². The third-order valence-corrected chi connectivity index (χ3v) is 3.71. The summed E-state index contributed by atoms with van der Waals surface area (Å²) in [6, 6.07) is 0.0677.